The zero-order valence-electron chi connectivity index (χ0n) is 8.01. The smallest absolute Gasteiger partial charge is 0.139 e. The number of nitrogens with one attached hydrogen (secondary N) is 1. The van der Waals surface area contributed by atoms with Gasteiger partial charge in [-0.2, -0.15) is 0 Å². The molecule has 3 N–H and O–H groups in total. The summed E-state index contributed by atoms with van der Waals surface area (Å²) >= 11 is 0. The third-order valence-corrected chi connectivity index (χ3v) is 1.54. The van der Waals surface area contributed by atoms with Crippen molar-refractivity contribution in [3.8, 4) is 11.8 Å². The second-order valence-corrected chi connectivity index (χ2v) is 2.58. The van der Waals surface area contributed by atoms with E-state index in [0.29, 0.717) is 18.8 Å². The lowest BCUT2D eigenvalue weighted by molar-refractivity contribution is 1.01. The van der Waals surface area contributed by atoms with Crippen LogP contribution in [0.25, 0.3) is 10.4 Å². The van der Waals surface area contributed by atoms with Crippen molar-refractivity contribution in [1.82, 2.24) is 4.98 Å². The standard InChI is InChI=1S/C9H10N6/c10-14-9-5-4-8(7-12-9)3-1-2-6-13-15-11/h4-5,7H,2,6,10H2,(H,12,14). The SMILES string of the molecule is [N-]=[N+]=NCCC#Cc1ccc(NN)nc1. The molecule has 0 unspecified atom stereocenters. The van der Waals surface area contributed by atoms with Crippen molar-refractivity contribution < 1.29 is 0 Å². The Labute approximate surface area is 87.1 Å². The summed E-state index contributed by atoms with van der Waals surface area (Å²) in [5.41, 5.74) is 11.2. The highest BCUT2D eigenvalue weighted by Gasteiger charge is 1.89. The Morgan fingerprint density at radius 3 is 3.07 bits per heavy atom. The van der Waals surface area contributed by atoms with Crippen molar-refractivity contribution >= 4 is 5.82 Å². The van der Waals surface area contributed by atoms with E-state index in [2.05, 4.69) is 32.3 Å². The molecule has 0 saturated carbocycles. The van der Waals surface area contributed by atoms with Gasteiger partial charge in [0, 0.05) is 29.6 Å². The summed E-state index contributed by atoms with van der Waals surface area (Å²) in [6.45, 7) is 0.388. The van der Waals surface area contributed by atoms with Crippen molar-refractivity contribution in [2.75, 3.05) is 12.0 Å². The van der Waals surface area contributed by atoms with E-state index < -0.39 is 0 Å². The predicted octanol–water partition coefficient (Wildman–Crippen LogP) is 1.42. The number of hydrogen-bond donors (Lipinski definition) is 2. The molecule has 6 heteroatoms. The number of hydrogen-bond acceptors (Lipinski definition) is 4. The van der Waals surface area contributed by atoms with E-state index in [1.54, 1.807) is 12.3 Å². The molecule has 0 aliphatic carbocycles. The van der Waals surface area contributed by atoms with Crippen LogP contribution in [0.5, 0.6) is 0 Å². The van der Waals surface area contributed by atoms with Gasteiger partial charge in [-0.15, -0.1) is 0 Å². The minimum Gasteiger partial charge on any atom is -0.308 e. The van der Waals surface area contributed by atoms with Crippen LogP contribution in [0.15, 0.2) is 23.4 Å². The van der Waals surface area contributed by atoms with Crippen molar-refractivity contribution in [3.63, 3.8) is 0 Å². The Morgan fingerprint density at radius 2 is 2.47 bits per heavy atom. The number of hydrazine groups is 1. The fourth-order valence-corrected chi connectivity index (χ4v) is 0.868. The molecule has 76 valence electrons. The quantitative estimate of drug-likeness (QED) is 0.147. The number of azide groups is 1. The molecule has 0 radical (unpaired) electrons. The molecule has 1 aromatic rings. The maximum Gasteiger partial charge on any atom is 0.139 e. The molecule has 0 atom stereocenters. The lowest BCUT2D eigenvalue weighted by Gasteiger charge is -1.96. The van der Waals surface area contributed by atoms with E-state index in [0.717, 1.165) is 5.56 Å². The van der Waals surface area contributed by atoms with Gasteiger partial charge in [-0.1, -0.05) is 17.0 Å². The molecule has 1 aromatic heterocycles. The number of nitrogens with zero attached hydrogens (tertiary/aromatic N) is 4. The second kappa shape index (κ2) is 6.27. The number of nitrogens with two attached hydrogens (primary N) is 1. The van der Waals surface area contributed by atoms with Crippen molar-refractivity contribution in [1.29, 1.82) is 0 Å². The average Bonchev–Trinajstić information content (AvgIpc) is 2.30. The first kappa shape index (κ1) is 10.9. The summed E-state index contributed by atoms with van der Waals surface area (Å²) in [6, 6.07) is 3.54. The van der Waals surface area contributed by atoms with Crippen LogP contribution in [-0.2, 0) is 0 Å². The van der Waals surface area contributed by atoms with Gasteiger partial charge in [0.2, 0.25) is 0 Å². The largest absolute Gasteiger partial charge is 0.308 e. The zero-order valence-corrected chi connectivity index (χ0v) is 8.01. The second-order valence-electron chi connectivity index (χ2n) is 2.58. The van der Waals surface area contributed by atoms with Crippen LogP contribution >= 0.6 is 0 Å². The van der Waals surface area contributed by atoms with Crippen molar-refractivity contribution in [2.45, 2.75) is 6.42 Å². The Kier molecular flexibility index (Phi) is 4.54. The van der Waals surface area contributed by atoms with Gasteiger partial charge in [-0.25, -0.2) is 10.8 Å². The molecule has 0 saturated heterocycles. The van der Waals surface area contributed by atoms with Crippen LogP contribution < -0.4 is 11.3 Å². The highest BCUT2D eigenvalue weighted by atomic mass is 15.2. The number of rotatable bonds is 3. The summed E-state index contributed by atoms with van der Waals surface area (Å²) in [4.78, 5) is 6.62. The Morgan fingerprint density at radius 1 is 1.60 bits per heavy atom. The molecule has 1 heterocycles. The number of nitrogen functional groups attached to an aromatic ring is 1. The van der Waals surface area contributed by atoms with E-state index in [4.69, 9.17) is 11.4 Å². The van der Waals surface area contributed by atoms with Gasteiger partial charge in [-0.05, 0) is 17.7 Å². The summed E-state index contributed by atoms with van der Waals surface area (Å²) < 4.78 is 0. The minimum atomic E-state index is 0.388. The summed E-state index contributed by atoms with van der Waals surface area (Å²) in [5.74, 6) is 11.5. The maximum absolute atomic E-state index is 8.02. The van der Waals surface area contributed by atoms with Gasteiger partial charge >= 0.3 is 0 Å². The van der Waals surface area contributed by atoms with Crippen LogP contribution in [0.1, 0.15) is 12.0 Å². The van der Waals surface area contributed by atoms with Gasteiger partial charge in [-0.3, -0.25) is 0 Å². The monoisotopic (exact) mass is 202 g/mol. The highest BCUT2D eigenvalue weighted by Crippen LogP contribution is 2.01. The van der Waals surface area contributed by atoms with Crippen LogP contribution in [0, 0.1) is 11.8 Å². The Balaban J connectivity index is 2.52. The van der Waals surface area contributed by atoms with Gasteiger partial charge in [0.1, 0.15) is 5.82 Å². The molecule has 0 aromatic carbocycles. The summed E-state index contributed by atoms with van der Waals surface area (Å²) in [5, 5.41) is 3.37. The van der Waals surface area contributed by atoms with Crippen molar-refractivity contribution in [3.05, 3.63) is 34.3 Å². The maximum atomic E-state index is 8.02. The molecule has 6 nitrogen and oxygen atoms in total. The molecule has 0 bridgehead atoms. The van der Waals surface area contributed by atoms with E-state index >= 15 is 0 Å². The van der Waals surface area contributed by atoms with Gasteiger partial charge in [0.25, 0.3) is 0 Å². The minimum absolute atomic E-state index is 0.388. The van der Waals surface area contributed by atoms with Crippen LogP contribution in [-0.4, -0.2) is 11.5 Å². The topological polar surface area (TPSA) is 99.7 Å². The van der Waals surface area contributed by atoms with Gasteiger partial charge in [0.15, 0.2) is 0 Å². The van der Waals surface area contributed by atoms with E-state index in [9.17, 15) is 0 Å². The number of pyridine rings is 1. The summed E-state index contributed by atoms with van der Waals surface area (Å²) in [7, 11) is 0. The normalized spacial score (nSPS) is 8.33. The Bertz CT molecular complexity index is 406. The lowest BCUT2D eigenvalue weighted by atomic mass is 10.3. The fourth-order valence-electron chi connectivity index (χ4n) is 0.868. The molecule has 0 fully saturated rings. The first-order valence-corrected chi connectivity index (χ1v) is 4.29. The molecule has 0 aliphatic rings. The first-order chi connectivity index (χ1) is 7.36. The molecular formula is C9H10N6. The average molecular weight is 202 g/mol. The van der Waals surface area contributed by atoms with E-state index in [-0.39, 0.29) is 0 Å². The number of anilines is 1. The van der Waals surface area contributed by atoms with Crippen LogP contribution in [0.3, 0.4) is 0 Å². The summed E-state index contributed by atoms with van der Waals surface area (Å²) in [6.07, 6.45) is 2.16. The highest BCUT2D eigenvalue weighted by molar-refractivity contribution is 5.39. The first-order valence-electron chi connectivity index (χ1n) is 4.29. The third kappa shape index (κ3) is 4.00. The fraction of sp³-hybridized carbons (Fsp3) is 0.222. The molecule has 0 amide bonds. The van der Waals surface area contributed by atoms with Crippen molar-refractivity contribution in [2.24, 2.45) is 11.0 Å². The molecule has 0 spiro atoms. The number of aromatic nitrogens is 1. The zero-order chi connectivity index (χ0) is 10.9. The van der Waals surface area contributed by atoms with E-state index in [1.165, 1.54) is 0 Å². The molecule has 0 aliphatic heterocycles. The van der Waals surface area contributed by atoms with Gasteiger partial charge in [0.05, 0.1) is 0 Å². The predicted molar refractivity (Wildman–Crippen MR) is 57.6 cm³/mol. The molecular weight excluding hydrogens is 192 g/mol. The Hall–Kier alpha value is -2.22. The lowest BCUT2D eigenvalue weighted by Crippen LogP contribution is -2.07. The third-order valence-electron chi connectivity index (χ3n) is 1.54. The van der Waals surface area contributed by atoms with Crippen LogP contribution in [0.4, 0.5) is 5.82 Å². The van der Waals surface area contributed by atoms with E-state index in [1.807, 2.05) is 6.07 Å². The van der Waals surface area contributed by atoms with Crippen LogP contribution in [0.2, 0.25) is 0 Å². The molecule has 15 heavy (non-hydrogen) atoms. The molecule has 1 rings (SSSR count). The van der Waals surface area contributed by atoms with Gasteiger partial charge < -0.3 is 5.43 Å².